The van der Waals surface area contributed by atoms with Crippen molar-refractivity contribution in [1.82, 2.24) is 15.2 Å². The van der Waals surface area contributed by atoms with E-state index in [4.69, 9.17) is 51.3 Å². The molecule has 1 amide bonds. The quantitative estimate of drug-likeness (QED) is 0.0905. The number of carbonyl (C=O) groups is 2. The van der Waals surface area contributed by atoms with Gasteiger partial charge in [0.25, 0.3) is 0 Å². The van der Waals surface area contributed by atoms with E-state index < -0.39 is 30.8 Å². The number of benzene rings is 3. The lowest BCUT2D eigenvalue weighted by Crippen LogP contribution is -2.85. The van der Waals surface area contributed by atoms with Crippen LogP contribution in [0, 0.1) is 11.8 Å². The zero-order valence-electron chi connectivity index (χ0n) is 32.2. The second kappa shape index (κ2) is 16.9. The van der Waals surface area contributed by atoms with Crippen molar-refractivity contribution in [2.45, 2.75) is 69.1 Å². The number of nitrogens with zero attached hydrogens (tertiary/aromatic N) is 2. The van der Waals surface area contributed by atoms with E-state index in [0.29, 0.717) is 47.1 Å². The van der Waals surface area contributed by atoms with Crippen LogP contribution in [-0.4, -0.2) is 59.9 Å². The maximum atomic E-state index is 13.7. The summed E-state index contributed by atoms with van der Waals surface area (Å²) >= 11 is 12.9. The molecule has 4 bridgehead atoms. The third kappa shape index (κ3) is 8.48. The second-order valence-electron chi connectivity index (χ2n) is 15.7. The van der Waals surface area contributed by atoms with Crippen LogP contribution in [0.2, 0.25) is 10.0 Å². The Morgan fingerprint density at radius 2 is 1.70 bits per heavy atom. The third-order valence-electron chi connectivity index (χ3n) is 11.9. The topological polar surface area (TPSA) is 122 Å². The Hall–Kier alpha value is -5.37. The number of ether oxygens (including phenoxy) is 5. The molecule has 5 heterocycles. The number of alkyl carbamates (subject to hydrolysis) is 1. The van der Waals surface area contributed by atoms with Gasteiger partial charge in [-0.15, -0.1) is 0 Å². The first-order valence-electron chi connectivity index (χ1n) is 19.9. The first kappa shape index (κ1) is 40.1. The van der Waals surface area contributed by atoms with E-state index in [-0.39, 0.29) is 45.9 Å². The number of hydrogen-bond acceptors (Lipinski definition) is 10. The third-order valence-corrected chi connectivity index (χ3v) is 12.5. The molecule has 0 spiro atoms. The average molecular weight is 861 g/mol. The summed E-state index contributed by atoms with van der Waals surface area (Å²) in [6.45, 7) is -0.897. The number of amides is 1. The van der Waals surface area contributed by atoms with E-state index in [9.17, 15) is 18.4 Å². The molecule has 15 heteroatoms. The lowest BCUT2D eigenvalue weighted by molar-refractivity contribution is -0.283. The molecular formula is C45H41Cl2F2N3O8. The van der Waals surface area contributed by atoms with E-state index in [2.05, 4.69) is 15.2 Å². The predicted octanol–water partition coefficient (Wildman–Crippen LogP) is 9.75. The number of nitrogens with one attached hydrogen (secondary N) is 1. The van der Waals surface area contributed by atoms with Gasteiger partial charge in [0, 0.05) is 31.3 Å². The lowest BCUT2D eigenvalue weighted by Gasteiger charge is -2.71. The number of alkyl halides is 2. The molecule has 0 radical (unpaired) electrons. The van der Waals surface area contributed by atoms with Crippen molar-refractivity contribution in [3.05, 3.63) is 141 Å². The van der Waals surface area contributed by atoms with Crippen LogP contribution in [0.3, 0.4) is 0 Å². The van der Waals surface area contributed by atoms with Crippen molar-refractivity contribution < 1.29 is 46.5 Å². The van der Waals surface area contributed by atoms with E-state index in [1.807, 2.05) is 48.5 Å². The molecule has 3 unspecified atom stereocenters. The van der Waals surface area contributed by atoms with Gasteiger partial charge >= 0.3 is 18.7 Å². The molecule has 60 heavy (non-hydrogen) atoms. The minimum absolute atomic E-state index is 0.0210. The molecule has 11 nitrogen and oxygen atoms in total. The number of carbonyl (C=O) groups excluding carboxylic acids is 2. The number of fused-ring (bicyclic) bond motifs is 1. The van der Waals surface area contributed by atoms with Crippen molar-refractivity contribution in [1.29, 1.82) is 0 Å². The summed E-state index contributed by atoms with van der Waals surface area (Å²) in [6, 6.07) is 24.3. The molecule has 5 aromatic rings. The van der Waals surface area contributed by atoms with Gasteiger partial charge in [0.2, 0.25) is 5.76 Å². The summed E-state index contributed by atoms with van der Waals surface area (Å²) < 4.78 is 61.3. The molecule has 2 aromatic heterocycles. The van der Waals surface area contributed by atoms with Crippen LogP contribution in [0.15, 0.2) is 102 Å². The highest BCUT2D eigenvalue weighted by Crippen LogP contribution is 2.58. The van der Waals surface area contributed by atoms with Crippen molar-refractivity contribution in [3.8, 4) is 17.2 Å². The molecule has 3 aromatic carbocycles. The van der Waals surface area contributed by atoms with Gasteiger partial charge < -0.3 is 33.4 Å². The van der Waals surface area contributed by atoms with Gasteiger partial charge in [0.15, 0.2) is 11.5 Å². The number of piperidine rings is 4. The molecule has 1 N–H and O–H groups in total. The zero-order chi connectivity index (χ0) is 41.4. The molecule has 6 atom stereocenters. The van der Waals surface area contributed by atoms with Gasteiger partial charge in [0.1, 0.15) is 29.8 Å². The van der Waals surface area contributed by atoms with E-state index in [1.165, 1.54) is 36.7 Å². The molecular weight excluding hydrogens is 819 g/mol. The van der Waals surface area contributed by atoms with Gasteiger partial charge in [-0.25, -0.2) is 9.59 Å². The van der Waals surface area contributed by atoms with Crippen molar-refractivity contribution in [2.75, 3.05) is 19.7 Å². The fourth-order valence-corrected chi connectivity index (χ4v) is 8.99. The fourth-order valence-electron chi connectivity index (χ4n) is 8.47. The van der Waals surface area contributed by atoms with Crippen molar-refractivity contribution >= 4 is 35.3 Å². The van der Waals surface area contributed by atoms with Crippen LogP contribution < -0.4 is 19.5 Å². The van der Waals surface area contributed by atoms with Crippen LogP contribution in [0.5, 0.6) is 17.2 Å². The monoisotopic (exact) mass is 859 g/mol. The van der Waals surface area contributed by atoms with Crippen LogP contribution >= 0.6 is 23.2 Å². The Kier molecular flexibility index (Phi) is 11.3. The maximum Gasteiger partial charge on any atom is 0.408 e. The van der Waals surface area contributed by atoms with Crippen LogP contribution in [0.1, 0.15) is 76.4 Å². The summed E-state index contributed by atoms with van der Waals surface area (Å²) in [7, 11) is 0. The normalized spacial score (nSPS) is 22.1. The van der Waals surface area contributed by atoms with Crippen molar-refractivity contribution in [2.24, 2.45) is 11.8 Å². The molecule has 3 saturated heterocycles. The summed E-state index contributed by atoms with van der Waals surface area (Å²) in [4.78, 5) is 33.5. The Morgan fingerprint density at radius 3 is 2.42 bits per heavy atom. The largest absolute Gasteiger partial charge is 0.489 e. The number of aromatic nitrogens is 1. The van der Waals surface area contributed by atoms with Gasteiger partial charge in [-0.2, -0.15) is 8.78 Å². The van der Waals surface area contributed by atoms with Gasteiger partial charge in [0.05, 0.1) is 28.7 Å². The van der Waals surface area contributed by atoms with Gasteiger partial charge in [-0.3, -0.25) is 9.88 Å². The highest BCUT2D eigenvalue weighted by Gasteiger charge is 2.70. The number of hydrogen-bond donors (Lipinski definition) is 1. The highest BCUT2D eigenvalue weighted by molar-refractivity contribution is 6.35. The molecule has 3 aliphatic heterocycles. The summed E-state index contributed by atoms with van der Waals surface area (Å²) in [5.41, 5.74) is 2.18. The molecule has 10 rings (SSSR count). The van der Waals surface area contributed by atoms with E-state index in [1.54, 1.807) is 12.1 Å². The minimum atomic E-state index is -3.07. The minimum Gasteiger partial charge on any atom is -0.489 e. The Morgan fingerprint density at radius 1 is 0.900 bits per heavy atom. The van der Waals surface area contributed by atoms with E-state index in [0.717, 1.165) is 49.9 Å². The SMILES string of the molecule is O=C(N[C@@H](c1ccccc1)c1cccc(OCc2ccc(C(=O)O[C@@H](Cc3c(Cl)cncc3Cl)c3ccc(OC(F)F)c(OCC4CC4)c3)o2)c1)O[C@]12CN3CCC1CC32. The van der Waals surface area contributed by atoms with Crippen molar-refractivity contribution in [3.63, 3.8) is 0 Å². The van der Waals surface area contributed by atoms with Crippen LogP contribution in [0.4, 0.5) is 13.6 Å². The van der Waals surface area contributed by atoms with Crippen LogP contribution in [-0.2, 0) is 22.5 Å². The van der Waals surface area contributed by atoms with Gasteiger partial charge in [-0.1, -0.05) is 71.7 Å². The maximum absolute atomic E-state index is 13.7. The molecule has 312 valence electrons. The number of rotatable bonds is 17. The predicted molar refractivity (Wildman–Crippen MR) is 216 cm³/mol. The van der Waals surface area contributed by atoms with Crippen LogP contribution in [0.25, 0.3) is 0 Å². The molecule has 2 aliphatic carbocycles. The molecule has 5 fully saturated rings. The highest BCUT2D eigenvalue weighted by atomic mass is 35.5. The average Bonchev–Trinajstić information content (AvgIpc) is 3.96. The summed E-state index contributed by atoms with van der Waals surface area (Å²) in [5.74, 6) is 0.646. The smallest absolute Gasteiger partial charge is 0.408 e. The first-order valence-corrected chi connectivity index (χ1v) is 20.7. The summed E-state index contributed by atoms with van der Waals surface area (Å²) in [6.07, 6.45) is 5.51. The Labute approximate surface area is 354 Å². The Balaban J connectivity index is 0.888. The van der Waals surface area contributed by atoms with Gasteiger partial charge in [-0.05, 0) is 96.8 Å². The number of esters is 1. The summed E-state index contributed by atoms with van der Waals surface area (Å²) in [5, 5.41) is 3.62. The standard InChI is InChI=1S/C45H41Cl2F2N3O8/c46-34-21-50-22-35(47)33(34)20-38(28-11-13-36(59-43(48)49)39(18-28)56-23-26-9-10-26)58-42(53)37-14-12-32(57-37)24-55-31-8-4-7-29(17-31)41(27-5-2-1-3-6-27)51-44(54)60-45-25-52-16-15-30(45)19-40(45)52/h1-8,11-14,17-18,21-22,26,30,38,40-41,43H,9-10,15-16,19-20,23-25H2,(H,51,54)/t30?,38-,40?,41-,45+/m0/s1. The number of halogens is 4. The number of pyridine rings is 1. The fraction of sp³-hybridized carbons (Fsp3) is 0.356. The Bertz CT molecular complexity index is 2330. The molecule has 2 saturated carbocycles. The lowest BCUT2D eigenvalue weighted by atomic mass is 9.54. The number of furan rings is 1. The first-order chi connectivity index (χ1) is 29.1. The molecule has 5 aliphatic rings. The van der Waals surface area contributed by atoms with E-state index >= 15 is 0 Å². The zero-order valence-corrected chi connectivity index (χ0v) is 33.7. The second-order valence-corrected chi connectivity index (χ2v) is 16.5.